The van der Waals surface area contributed by atoms with Gasteiger partial charge in [-0.1, -0.05) is 38.5 Å². The van der Waals surface area contributed by atoms with Gasteiger partial charge in [0, 0.05) is 17.7 Å². The van der Waals surface area contributed by atoms with E-state index in [-0.39, 0.29) is 23.3 Å². The van der Waals surface area contributed by atoms with Crippen molar-refractivity contribution in [3.63, 3.8) is 0 Å². The quantitative estimate of drug-likeness (QED) is 0.355. The first-order valence-corrected chi connectivity index (χ1v) is 8.24. The Hall–Kier alpha value is -3.22. The Balaban J connectivity index is 2.11. The fraction of sp³-hybridized carbons (Fsp3) is 0.263. The molecule has 0 radical (unpaired) electrons. The zero-order chi connectivity index (χ0) is 19.1. The van der Waals surface area contributed by atoms with Crippen molar-refractivity contribution in [3.8, 4) is 5.75 Å². The number of carbonyl (C=O) groups excluding carboxylic acids is 2. The van der Waals surface area contributed by atoms with E-state index >= 15 is 0 Å². The van der Waals surface area contributed by atoms with Crippen LogP contribution in [0.25, 0.3) is 0 Å². The highest BCUT2D eigenvalue weighted by Gasteiger charge is 2.28. The first-order valence-electron chi connectivity index (χ1n) is 8.24. The number of nitrogens with one attached hydrogen (secondary N) is 1. The van der Waals surface area contributed by atoms with Crippen molar-refractivity contribution in [1.29, 1.82) is 0 Å². The van der Waals surface area contributed by atoms with Crippen LogP contribution in [0.5, 0.6) is 5.75 Å². The Bertz CT molecular complexity index is 774. The van der Waals surface area contributed by atoms with Crippen molar-refractivity contribution in [2.24, 2.45) is 5.92 Å². The van der Waals surface area contributed by atoms with Gasteiger partial charge >= 0.3 is 5.97 Å². The van der Waals surface area contributed by atoms with Crippen LogP contribution in [0.4, 0.5) is 5.69 Å². The minimum Gasteiger partial charge on any atom is -0.425 e. The molecular weight excluding hydrogens is 336 g/mol. The van der Waals surface area contributed by atoms with Gasteiger partial charge in [0.25, 0.3) is 11.6 Å². The molecule has 0 spiro atoms. The first-order chi connectivity index (χ1) is 12.4. The Morgan fingerprint density at radius 3 is 2.27 bits per heavy atom. The lowest BCUT2D eigenvalue weighted by molar-refractivity contribution is -0.384. The lowest BCUT2D eigenvalue weighted by Crippen LogP contribution is -2.47. The summed E-state index contributed by atoms with van der Waals surface area (Å²) in [5, 5.41) is 13.4. The van der Waals surface area contributed by atoms with Crippen molar-refractivity contribution in [2.75, 3.05) is 0 Å². The molecule has 7 nitrogen and oxygen atoms in total. The number of non-ortho nitro benzene ring substituents is 1. The average molecular weight is 356 g/mol. The van der Waals surface area contributed by atoms with Gasteiger partial charge in [-0.3, -0.25) is 14.9 Å². The van der Waals surface area contributed by atoms with Gasteiger partial charge in [0.1, 0.15) is 11.8 Å². The summed E-state index contributed by atoms with van der Waals surface area (Å²) in [5.74, 6) is -0.940. The molecule has 0 aromatic heterocycles. The number of nitrogens with zero attached hydrogens (tertiary/aromatic N) is 1. The van der Waals surface area contributed by atoms with Gasteiger partial charge < -0.3 is 10.1 Å². The van der Waals surface area contributed by atoms with Gasteiger partial charge in [-0.2, -0.15) is 0 Å². The first kappa shape index (κ1) is 19.1. The Labute approximate surface area is 151 Å². The van der Waals surface area contributed by atoms with Crippen LogP contribution < -0.4 is 10.1 Å². The topological polar surface area (TPSA) is 98.5 Å². The molecule has 0 unspecified atom stereocenters. The molecule has 0 aliphatic carbocycles. The molecule has 7 heteroatoms. The van der Waals surface area contributed by atoms with Crippen molar-refractivity contribution in [2.45, 2.75) is 26.3 Å². The number of nitro benzene ring substituents is 1. The number of esters is 1. The van der Waals surface area contributed by atoms with Crippen LogP contribution in [0.1, 0.15) is 30.6 Å². The number of ether oxygens (including phenoxy) is 1. The molecule has 26 heavy (non-hydrogen) atoms. The number of rotatable bonds is 7. The van der Waals surface area contributed by atoms with Gasteiger partial charge in [-0.05, 0) is 30.2 Å². The highest BCUT2D eigenvalue weighted by Crippen LogP contribution is 2.19. The summed E-state index contributed by atoms with van der Waals surface area (Å²) in [6.45, 7) is 3.75. The van der Waals surface area contributed by atoms with Crippen LogP contribution in [-0.4, -0.2) is 22.8 Å². The summed E-state index contributed by atoms with van der Waals surface area (Å²) < 4.78 is 5.29. The molecule has 0 aliphatic heterocycles. The Morgan fingerprint density at radius 2 is 1.73 bits per heavy atom. The molecule has 136 valence electrons. The molecule has 2 aromatic carbocycles. The molecule has 0 bridgehead atoms. The molecule has 1 amide bonds. The Kier molecular flexibility index (Phi) is 6.43. The van der Waals surface area contributed by atoms with E-state index in [0.717, 1.165) is 0 Å². The summed E-state index contributed by atoms with van der Waals surface area (Å²) >= 11 is 0. The van der Waals surface area contributed by atoms with Gasteiger partial charge in [-0.25, -0.2) is 4.79 Å². The molecule has 0 fully saturated rings. The van der Waals surface area contributed by atoms with Gasteiger partial charge in [-0.15, -0.1) is 0 Å². The van der Waals surface area contributed by atoms with Crippen molar-refractivity contribution < 1.29 is 19.2 Å². The summed E-state index contributed by atoms with van der Waals surface area (Å²) in [5.41, 5.74) is 0.351. The summed E-state index contributed by atoms with van der Waals surface area (Å²) in [4.78, 5) is 35.0. The molecule has 0 heterocycles. The number of hydrogen-bond donors (Lipinski definition) is 1. The summed E-state index contributed by atoms with van der Waals surface area (Å²) in [7, 11) is 0. The smallest absolute Gasteiger partial charge is 0.334 e. The molecular formula is C19H20N2O5. The molecule has 1 N–H and O–H groups in total. The predicted molar refractivity (Wildman–Crippen MR) is 95.9 cm³/mol. The number of benzene rings is 2. The Morgan fingerprint density at radius 1 is 1.12 bits per heavy atom. The monoisotopic (exact) mass is 356 g/mol. The number of nitro groups is 1. The van der Waals surface area contributed by atoms with E-state index in [2.05, 4.69) is 5.32 Å². The lowest BCUT2D eigenvalue weighted by Gasteiger charge is -2.22. The van der Waals surface area contributed by atoms with E-state index in [1.54, 1.807) is 30.3 Å². The van der Waals surface area contributed by atoms with Crippen molar-refractivity contribution in [3.05, 3.63) is 70.3 Å². The van der Waals surface area contributed by atoms with E-state index in [1.807, 2.05) is 13.8 Å². The SMILES string of the molecule is CC[C@H](C)[C@H](NC(=O)c1ccccc1)C(=O)Oc1ccc([N+](=O)[O-])cc1. The van der Waals surface area contributed by atoms with E-state index in [4.69, 9.17) is 4.74 Å². The predicted octanol–water partition coefficient (Wildman–Crippen LogP) is 3.34. The van der Waals surface area contributed by atoms with Gasteiger partial charge in [0.05, 0.1) is 4.92 Å². The second-order valence-electron chi connectivity index (χ2n) is 5.87. The fourth-order valence-corrected chi connectivity index (χ4v) is 2.30. The van der Waals surface area contributed by atoms with Crippen LogP contribution in [0.15, 0.2) is 54.6 Å². The minimum atomic E-state index is -0.831. The normalized spacial score (nSPS) is 12.7. The second-order valence-corrected chi connectivity index (χ2v) is 5.87. The third-order valence-electron chi connectivity index (χ3n) is 4.06. The van der Waals surface area contributed by atoms with Crippen molar-refractivity contribution >= 4 is 17.6 Å². The van der Waals surface area contributed by atoms with E-state index in [9.17, 15) is 19.7 Å². The minimum absolute atomic E-state index is 0.0966. The molecule has 0 aliphatic rings. The number of amides is 1. The maximum Gasteiger partial charge on any atom is 0.334 e. The molecule has 2 rings (SSSR count). The van der Waals surface area contributed by atoms with Crippen molar-refractivity contribution in [1.82, 2.24) is 5.32 Å². The van der Waals surface area contributed by atoms with Gasteiger partial charge in [0.2, 0.25) is 0 Å². The lowest BCUT2D eigenvalue weighted by atomic mass is 9.98. The largest absolute Gasteiger partial charge is 0.425 e. The van der Waals surface area contributed by atoms with Crippen LogP contribution >= 0.6 is 0 Å². The van der Waals surface area contributed by atoms with E-state index in [1.165, 1.54) is 24.3 Å². The third-order valence-corrected chi connectivity index (χ3v) is 4.06. The highest BCUT2D eigenvalue weighted by atomic mass is 16.6. The second kappa shape index (κ2) is 8.75. The van der Waals surface area contributed by atoms with E-state index < -0.39 is 16.9 Å². The zero-order valence-corrected chi connectivity index (χ0v) is 14.5. The number of carbonyl (C=O) groups is 2. The van der Waals surface area contributed by atoms with Crippen LogP contribution in [0, 0.1) is 16.0 Å². The zero-order valence-electron chi connectivity index (χ0n) is 14.5. The number of hydrogen-bond acceptors (Lipinski definition) is 5. The summed E-state index contributed by atoms with van der Waals surface area (Å²) in [6, 6.07) is 13.0. The third kappa shape index (κ3) is 4.89. The fourth-order valence-electron chi connectivity index (χ4n) is 2.30. The molecule has 2 atom stereocenters. The van der Waals surface area contributed by atoms with Crippen LogP contribution in [-0.2, 0) is 4.79 Å². The average Bonchev–Trinajstić information content (AvgIpc) is 2.66. The van der Waals surface area contributed by atoms with E-state index in [0.29, 0.717) is 12.0 Å². The van der Waals surface area contributed by atoms with Crippen LogP contribution in [0.3, 0.4) is 0 Å². The molecule has 2 aromatic rings. The molecule has 0 saturated carbocycles. The standard InChI is InChI=1S/C19H20N2O5/c1-3-13(2)17(20-18(22)14-7-5-4-6-8-14)19(23)26-16-11-9-15(10-12-16)21(24)25/h4-13,17H,3H2,1-2H3,(H,20,22)/t13-,17-/m0/s1. The maximum absolute atomic E-state index is 12.5. The summed E-state index contributed by atoms with van der Waals surface area (Å²) in [6.07, 6.45) is 0.662. The molecule has 0 saturated heterocycles. The highest BCUT2D eigenvalue weighted by molar-refractivity contribution is 5.97. The van der Waals surface area contributed by atoms with Gasteiger partial charge in [0.15, 0.2) is 0 Å². The maximum atomic E-state index is 12.5. The van der Waals surface area contributed by atoms with Crippen LogP contribution in [0.2, 0.25) is 0 Å².